The lowest BCUT2D eigenvalue weighted by molar-refractivity contribution is 0.0841. The number of urea groups is 1. The number of nitrogens with zero attached hydrogens (tertiary/aromatic N) is 3. The van der Waals surface area contributed by atoms with Crippen LogP contribution in [0, 0.1) is 11.3 Å². The average Bonchev–Trinajstić information content (AvgIpc) is 2.95. The van der Waals surface area contributed by atoms with Crippen LogP contribution in [0.15, 0.2) is 12.1 Å². The van der Waals surface area contributed by atoms with E-state index in [-0.39, 0.29) is 28.9 Å². The zero-order valence-electron chi connectivity index (χ0n) is 11.9. The minimum atomic E-state index is -0.316. The zero-order valence-corrected chi connectivity index (χ0v) is 13.4. The van der Waals surface area contributed by atoms with Gasteiger partial charge in [-0.2, -0.15) is 5.26 Å². The molecule has 118 valence electrons. The first-order valence-electron chi connectivity index (χ1n) is 6.96. The second kappa shape index (κ2) is 8.18. The van der Waals surface area contributed by atoms with Crippen LogP contribution in [0.1, 0.15) is 19.3 Å². The van der Waals surface area contributed by atoms with E-state index < -0.39 is 0 Å². The van der Waals surface area contributed by atoms with Crippen molar-refractivity contribution in [2.75, 3.05) is 25.0 Å². The molecule has 2 heterocycles. The molecule has 0 aromatic carbocycles. The number of halogens is 2. The number of rotatable bonds is 5. The second-order valence-corrected chi connectivity index (χ2v) is 5.70. The zero-order chi connectivity index (χ0) is 15.9. The number of hydrogen-bond acceptors (Lipinski definition) is 4. The number of hydrogen-bond donors (Lipinski definition) is 1. The van der Waals surface area contributed by atoms with Gasteiger partial charge < -0.3 is 15.0 Å². The van der Waals surface area contributed by atoms with Gasteiger partial charge in [-0.25, -0.2) is 9.78 Å². The fourth-order valence-electron chi connectivity index (χ4n) is 2.23. The first-order valence-corrected chi connectivity index (χ1v) is 7.71. The summed E-state index contributed by atoms with van der Waals surface area (Å²) in [5, 5.41) is 11.9. The third-order valence-corrected chi connectivity index (χ3v) is 3.63. The molecule has 1 fully saturated rings. The Balaban J connectivity index is 2.01. The van der Waals surface area contributed by atoms with Gasteiger partial charge in [-0.3, -0.25) is 0 Å². The monoisotopic (exact) mass is 342 g/mol. The van der Waals surface area contributed by atoms with Crippen LogP contribution in [-0.2, 0) is 4.74 Å². The lowest BCUT2D eigenvalue weighted by Crippen LogP contribution is -2.40. The third-order valence-electron chi connectivity index (χ3n) is 3.24. The Morgan fingerprint density at radius 2 is 2.23 bits per heavy atom. The molecule has 1 aliphatic heterocycles. The van der Waals surface area contributed by atoms with Crippen molar-refractivity contribution in [3.8, 4) is 6.07 Å². The molecule has 1 atom stereocenters. The Morgan fingerprint density at radius 3 is 2.82 bits per heavy atom. The van der Waals surface area contributed by atoms with Gasteiger partial charge in [0.15, 0.2) is 0 Å². The highest BCUT2D eigenvalue weighted by Gasteiger charge is 2.22. The van der Waals surface area contributed by atoms with Crippen molar-refractivity contribution in [1.29, 1.82) is 5.26 Å². The van der Waals surface area contributed by atoms with Crippen molar-refractivity contribution >= 4 is 34.9 Å². The number of amides is 2. The van der Waals surface area contributed by atoms with E-state index in [9.17, 15) is 4.79 Å². The van der Waals surface area contributed by atoms with Crippen molar-refractivity contribution < 1.29 is 9.53 Å². The number of carbonyl (C=O) groups excluding carboxylic acids is 1. The molecule has 1 N–H and O–H groups in total. The summed E-state index contributed by atoms with van der Waals surface area (Å²) >= 11 is 11.6. The van der Waals surface area contributed by atoms with Crippen LogP contribution in [0.25, 0.3) is 0 Å². The Morgan fingerprint density at radius 1 is 1.50 bits per heavy atom. The van der Waals surface area contributed by atoms with Crippen LogP contribution in [0.2, 0.25) is 10.3 Å². The minimum absolute atomic E-state index is 0.0223. The molecule has 0 saturated carbocycles. The van der Waals surface area contributed by atoms with Crippen LogP contribution < -0.4 is 5.32 Å². The standard InChI is InChI=1S/C14H16Cl2N4O2/c15-12-7-10(8-13(16)19-12)18-14(21)20(5-2-4-17)9-11-3-1-6-22-11/h7-8,11H,1-3,5-6,9H2,(H,18,19,21). The van der Waals surface area contributed by atoms with Gasteiger partial charge in [0.2, 0.25) is 0 Å². The van der Waals surface area contributed by atoms with Gasteiger partial charge in [0.25, 0.3) is 0 Å². The molecule has 0 spiro atoms. The van der Waals surface area contributed by atoms with E-state index in [1.807, 2.05) is 6.07 Å². The molecular weight excluding hydrogens is 327 g/mol. The summed E-state index contributed by atoms with van der Waals surface area (Å²) in [4.78, 5) is 17.8. The summed E-state index contributed by atoms with van der Waals surface area (Å²) in [7, 11) is 0. The molecule has 1 aromatic rings. The normalized spacial score (nSPS) is 17.0. The van der Waals surface area contributed by atoms with Crippen molar-refractivity contribution in [3.63, 3.8) is 0 Å². The number of ether oxygens (including phenoxy) is 1. The highest BCUT2D eigenvalue weighted by molar-refractivity contribution is 6.32. The Labute approximate surface area is 139 Å². The summed E-state index contributed by atoms with van der Waals surface area (Å²) in [6.07, 6.45) is 2.20. The van der Waals surface area contributed by atoms with E-state index >= 15 is 0 Å². The predicted octanol–water partition coefficient (Wildman–Crippen LogP) is 3.31. The molecule has 0 bridgehead atoms. The van der Waals surface area contributed by atoms with Gasteiger partial charge in [-0.05, 0) is 25.0 Å². The van der Waals surface area contributed by atoms with Crippen molar-refractivity contribution in [3.05, 3.63) is 22.4 Å². The fraction of sp³-hybridized carbons (Fsp3) is 0.500. The second-order valence-electron chi connectivity index (χ2n) is 4.92. The lowest BCUT2D eigenvalue weighted by Gasteiger charge is -2.25. The first-order chi connectivity index (χ1) is 10.6. The quantitative estimate of drug-likeness (QED) is 0.832. The first kappa shape index (κ1) is 16.8. The molecule has 2 amide bonds. The van der Waals surface area contributed by atoms with Gasteiger partial charge in [-0.1, -0.05) is 23.2 Å². The van der Waals surface area contributed by atoms with E-state index in [2.05, 4.69) is 10.3 Å². The van der Waals surface area contributed by atoms with Gasteiger partial charge in [0, 0.05) is 25.4 Å². The molecule has 8 heteroatoms. The number of pyridine rings is 1. The maximum atomic E-state index is 12.4. The molecule has 1 aliphatic rings. The molecule has 1 unspecified atom stereocenters. The van der Waals surface area contributed by atoms with Crippen LogP contribution in [0.3, 0.4) is 0 Å². The van der Waals surface area contributed by atoms with E-state index in [4.69, 9.17) is 33.2 Å². The Bertz CT molecular complexity index is 550. The van der Waals surface area contributed by atoms with Crippen LogP contribution >= 0.6 is 23.2 Å². The Kier molecular flexibility index (Phi) is 6.25. The van der Waals surface area contributed by atoms with Gasteiger partial charge in [0.05, 0.1) is 18.6 Å². The van der Waals surface area contributed by atoms with E-state index in [1.165, 1.54) is 12.1 Å². The number of carbonyl (C=O) groups is 1. The van der Waals surface area contributed by atoms with Gasteiger partial charge >= 0.3 is 6.03 Å². The summed E-state index contributed by atoms with van der Waals surface area (Å²) in [5.41, 5.74) is 0.462. The summed E-state index contributed by atoms with van der Waals surface area (Å²) in [6.45, 7) is 1.52. The number of nitriles is 1. The molecule has 6 nitrogen and oxygen atoms in total. The van der Waals surface area contributed by atoms with Gasteiger partial charge in [0.1, 0.15) is 10.3 Å². The average molecular weight is 343 g/mol. The topological polar surface area (TPSA) is 78.2 Å². The summed E-state index contributed by atoms with van der Waals surface area (Å²) < 4.78 is 5.55. The van der Waals surface area contributed by atoms with Crippen LogP contribution in [-0.4, -0.2) is 41.7 Å². The van der Waals surface area contributed by atoms with Gasteiger partial charge in [-0.15, -0.1) is 0 Å². The van der Waals surface area contributed by atoms with Crippen molar-refractivity contribution in [2.45, 2.75) is 25.4 Å². The fourth-order valence-corrected chi connectivity index (χ4v) is 2.69. The van der Waals surface area contributed by atoms with E-state index in [0.717, 1.165) is 12.8 Å². The maximum Gasteiger partial charge on any atom is 0.321 e. The van der Waals surface area contributed by atoms with Crippen LogP contribution in [0.5, 0.6) is 0 Å². The highest BCUT2D eigenvalue weighted by Crippen LogP contribution is 2.20. The largest absolute Gasteiger partial charge is 0.376 e. The SMILES string of the molecule is N#CCCN(CC1CCCO1)C(=O)Nc1cc(Cl)nc(Cl)c1. The number of aromatic nitrogens is 1. The molecular formula is C14H16Cl2N4O2. The molecule has 2 rings (SSSR count). The van der Waals surface area contributed by atoms with E-state index in [1.54, 1.807) is 4.90 Å². The summed E-state index contributed by atoms with van der Waals surface area (Å²) in [5.74, 6) is 0. The molecule has 1 saturated heterocycles. The Hall–Kier alpha value is -1.55. The minimum Gasteiger partial charge on any atom is -0.376 e. The molecule has 0 radical (unpaired) electrons. The number of anilines is 1. The van der Waals surface area contributed by atoms with Crippen molar-refractivity contribution in [2.24, 2.45) is 0 Å². The molecule has 22 heavy (non-hydrogen) atoms. The lowest BCUT2D eigenvalue weighted by atomic mass is 10.2. The van der Waals surface area contributed by atoms with Crippen LogP contribution in [0.4, 0.5) is 10.5 Å². The molecule has 1 aromatic heterocycles. The highest BCUT2D eigenvalue weighted by atomic mass is 35.5. The van der Waals surface area contributed by atoms with E-state index in [0.29, 0.717) is 25.4 Å². The smallest absolute Gasteiger partial charge is 0.321 e. The number of nitrogens with one attached hydrogen (secondary N) is 1. The van der Waals surface area contributed by atoms with Crippen molar-refractivity contribution in [1.82, 2.24) is 9.88 Å². The summed E-state index contributed by atoms with van der Waals surface area (Å²) in [6, 6.07) is 4.76. The maximum absolute atomic E-state index is 12.4. The third kappa shape index (κ3) is 5.02. The predicted molar refractivity (Wildman–Crippen MR) is 84.1 cm³/mol. The molecule has 0 aliphatic carbocycles.